The Morgan fingerprint density at radius 1 is 1.54 bits per heavy atom. The van der Waals surface area contributed by atoms with Crippen LogP contribution >= 0.6 is 11.3 Å². The Morgan fingerprint density at radius 3 is 3.08 bits per heavy atom. The maximum absolute atomic E-state index is 10.4. The molecule has 0 radical (unpaired) electrons. The molecule has 2 rings (SSSR count). The van der Waals surface area contributed by atoms with Crippen LogP contribution in [0.25, 0.3) is 10.2 Å². The number of rotatable bonds is 1. The lowest BCUT2D eigenvalue weighted by Crippen LogP contribution is -1.76. The van der Waals surface area contributed by atoms with E-state index in [9.17, 15) is 4.79 Å². The van der Waals surface area contributed by atoms with E-state index in [1.807, 2.05) is 6.07 Å². The molecule has 0 atom stereocenters. The van der Waals surface area contributed by atoms with E-state index in [1.165, 1.54) is 11.3 Å². The highest BCUT2D eigenvalue weighted by atomic mass is 32.1. The van der Waals surface area contributed by atoms with Crippen LogP contribution in [-0.2, 0) is 0 Å². The Labute approximate surface area is 78.3 Å². The number of benzene rings is 1. The third-order valence-corrected chi connectivity index (χ3v) is 2.57. The van der Waals surface area contributed by atoms with Crippen LogP contribution in [0.15, 0.2) is 18.2 Å². The van der Waals surface area contributed by atoms with Crippen molar-refractivity contribution in [1.82, 2.24) is 4.98 Å². The highest BCUT2D eigenvalue weighted by Gasteiger charge is 2.02. The molecule has 0 amide bonds. The third-order valence-electron chi connectivity index (χ3n) is 1.64. The molecule has 0 saturated carbocycles. The summed E-state index contributed by atoms with van der Waals surface area (Å²) in [7, 11) is 0. The van der Waals surface area contributed by atoms with E-state index in [0.29, 0.717) is 10.6 Å². The molecule has 1 aromatic heterocycles. The summed E-state index contributed by atoms with van der Waals surface area (Å²) in [6, 6.07) is 7.15. The number of thiazole rings is 1. The summed E-state index contributed by atoms with van der Waals surface area (Å²) in [6.45, 7) is 0. The van der Waals surface area contributed by atoms with Gasteiger partial charge in [0.1, 0.15) is 12.4 Å². The van der Waals surface area contributed by atoms with Crippen molar-refractivity contribution < 1.29 is 4.79 Å². The van der Waals surface area contributed by atoms with Crippen LogP contribution < -0.4 is 0 Å². The minimum absolute atomic E-state index is 0.429. The van der Waals surface area contributed by atoms with Gasteiger partial charge in [-0.3, -0.25) is 4.79 Å². The number of aldehydes is 1. The molecule has 0 fully saturated rings. The van der Waals surface area contributed by atoms with Crippen molar-refractivity contribution in [1.29, 1.82) is 5.26 Å². The Morgan fingerprint density at radius 2 is 2.38 bits per heavy atom. The van der Waals surface area contributed by atoms with E-state index < -0.39 is 0 Å². The number of aromatic nitrogens is 1. The highest BCUT2D eigenvalue weighted by Crippen LogP contribution is 2.21. The number of carbonyl (C=O) groups excluding carboxylic acids is 1. The molecular weight excluding hydrogens is 184 g/mol. The quantitative estimate of drug-likeness (QED) is 0.643. The van der Waals surface area contributed by atoms with Crippen molar-refractivity contribution in [2.24, 2.45) is 0 Å². The van der Waals surface area contributed by atoms with E-state index >= 15 is 0 Å². The van der Waals surface area contributed by atoms with Crippen molar-refractivity contribution >= 4 is 27.8 Å². The van der Waals surface area contributed by atoms with Gasteiger partial charge in [-0.25, -0.2) is 4.98 Å². The molecule has 1 heterocycles. The summed E-state index contributed by atoms with van der Waals surface area (Å²) in [5.74, 6) is 0. The molecule has 0 spiro atoms. The van der Waals surface area contributed by atoms with Gasteiger partial charge >= 0.3 is 0 Å². The molecule has 0 aliphatic heterocycles. The van der Waals surface area contributed by atoms with Crippen molar-refractivity contribution in [3.8, 4) is 6.07 Å². The second-order valence-corrected chi connectivity index (χ2v) is 3.51. The summed E-state index contributed by atoms with van der Waals surface area (Å²) in [5, 5.41) is 9.02. The third kappa shape index (κ3) is 1.30. The zero-order valence-electron chi connectivity index (χ0n) is 6.52. The van der Waals surface area contributed by atoms with E-state index in [-0.39, 0.29) is 0 Å². The van der Waals surface area contributed by atoms with Crippen LogP contribution in [0, 0.1) is 11.3 Å². The lowest BCUT2D eigenvalue weighted by Gasteiger charge is -1.87. The molecule has 0 aliphatic rings. The monoisotopic (exact) mass is 188 g/mol. The fourth-order valence-corrected chi connectivity index (χ4v) is 1.87. The van der Waals surface area contributed by atoms with Gasteiger partial charge in [0.05, 0.1) is 10.2 Å². The average Bonchev–Trinajstić information content (AvgIpc) is 2.58. The molecule has 2 aromatic rings. The molecule has 4 heteroatoms. The molecule has 0 bridgehead atoms. The van der Waals surface area contributed by atoms with Crippen molar-refractivity contribution in [3.05, 3.63) is 28.8 Å². The summed E-state index contributed by atoms with van der Waals surface area (Å²) < 4.78 is 0.876. The number of hydrogen-bond acceptors (Lipinski definition) is 4. The van der Waals surface area contributed by atoms with Gasteiger partial charge in [-0.2, -0.15) is 5.26 Å². The molecular formula is C9H4N2OS. The minimum atomic E-state index is 0.429. The predicted molar refractivity (Wildman–Crippen MR) is 49.7 cm³/mol. The van der Waals surface area contributed by atoms with Crippen LogP contribution in [-0.4, -0.2) is 11.3 Å². The SMILES string of the molecule is N#Cc1nc2ccc(C=O)cc2s1. The molecule has 0 saturated heterocycles. The van der Waals surface area contributed by atoms with Crippen LogP contribution in [0.3, 0.4) is 0 Å². The largest absolute Gasteiger partial charge is 0.298 e. The van der Waals surface area contributed by atoms with Crippen molar-refractivity contribution in [2.75, 3.05) is 0 Å². The van der Waals surface area contributed by atoms with Gasteiger partial charge in [-0.05, 0) is 18.2 Å². The maximum Gasteiger partial charge on any atom is 0.195 e. The van der Waals surface area contributed by atoms with Crippen molar-refractivity contribution in [2.45, 2.75) is 0 Å². The molecule has 0 unspecified atom stereocenters. The number of carbonyl (C=O) groups is 1. The summed E-state index contributed by atoms with van der Waals surface area (Å²) in [6.07, 6.45) is 0.783. The fraction of sp³-hybridized carbons (Fsp3) is 0. The lowest BCUT2D eigenvalue weighted by atomic mass is 10.2. The topological polar surface area (TPSA) is 53.8 Å². The number of nitrogens with zero attached hydrogens (tertiary/aromatic N) is 2. The van der Waals surface area contributed by atoms with Gasteiger partial charge in [0, 0.05) is 5.56 Å². The van der Waals surface area contributed by atoms with Gasteiger partial charge in [0.2, 0.25) is 0 Å². The smallest absolute Gasteiger partial charge is 0.195 e. The molecule has 0 aliphatic carbocycles. The van der Waals surface area contributed by atoms with Gasteiger partial charge in [-0.1, -0.05) is 0 Å². The lowest BCUT2D eigenvalue weighted by molar-refractivity contribution is 0.112. The second-order valence-electron chi connectivity index (χ2n) is 2.48. The molecule has 13 heavy (non-hydrogen) atoms. The molecule has 62 valence electrons. The number of nitriles is 1. The van der Waals surface area contributed by atoms with Crippen LogP contribution in [0.4, 0.5) is 0 Å². The van der Waals surface area contributed by atoms with Crippen LogP contribution in [0.1, 0.15) is 15.4 Å². The Kier molecular flexibility index (Phi) is 1.80. The number of fused-ring (bicyclic) bond motifs is 1. The van der Waals surface area contributed by atoms with Gasteiger partial charge in [0.25, 0.3) is 0 Å². The standard InChI is InChI=1S/C9H4N2OS/c10-4-9-11-7-2-1-6(5-12)3-8(7)13-9/h1-3,5H. The van der Waals surface area contributed by atoms with Gasteiger partial charge < -0.3 is 0 Å². The van der Waals surface area contributed by atoms with Gasteiger partial charge in [0.15, 0.2) is 5.01 Å². The van der Waals surface area contributed by atoms with E-state index in [4.69, 9.17) is 5.26 Å². The summed E-state index contributed by atoms with van der Waals surface area (Å²) >= 11 is 1.30. The zero-order chi connectivity index (χ0) is 9.26. The first-order chi connectivity index (χ1) is 6.33. The highest BCUT2D eigenvalue weighted by molar-refractivity contribution is 7.19. The summed E-state index contributed by atoms with van der Waals surface area (Å²) in [5.41, 5.74) is 1.38. The molecule has 1 aromatic carbocycles. The van der Waals surface area contributed by atoms with Crippen molar-refractivity contribution in [3.63, 3.8) is 0 Å². The maximum atomic E-state index is 10.4. The Bertz CT molecular complexity index is 510. The first-order valence-corrected chi connectivity index (χ1v) is 4.41. The first kappa shape index (κ1) is 7.90. The predicted octanol–water partition coefficient (Wildman–Crippen LogP) is 1.98. The number of hydrogen-bond donors (Lipinski definition) is 0. The second kappa shape index (κ2) is 2.96. The van der Waals surface area contributed by atoms with Crippen LogP contribution in [0.5, 0.6) is 0 Å². The summed E-state index contributed by atoms with van der Waals surface area (Å²) in [4.78, 5) is 14.5. The molecule has 0 N–H and O–H groups in total. The van der Waals surface area contributed by atoms with E-state index in [2.05, 4.69) is 4.98 Å². The zero-order valence-corrected chi connectivity index (χ0v) is 7.34. The van der Waals surface area contributed by atoms with Crippen LogP contribution in [0.2, 0.25) is 0 Å². The van der Waals surface area contributed by atoms with E-state index in [1.54, 1.807) is 18.2 Å². The van der Waals surface area contributed by atoms with E-state index in [0.717, 1.165) is 16.5 Å². The Balaban J connectivity index is 2.72. The average molecular weight is 188 g/mol. The normalized spacial score (nSPS) is 9.77. The fourth-order valence-electron chi connectivity index (χ4n) is 1.06. The minimum Gasteiger partial charge on any atom is -0.298 e. The Hall–Kier alpha value is -1.73. The van der Waals surface area contributed by atoms with Gasteiger partial charge in [-0.15, -0.1) is 11.3 Å². The first-order valence-electron chi connectivity index (χ1n) is 3.59. The molecule has 3 nitrogen and oxygen atoms in total.